The van der Waals surface area contributed by atoms with Crippen LogP contribution in [0.3, 0.4) is 0 Å². The molecule has 1 atom stereocenters. The van der Waals surface area contributed by atoms with Crippen LogP contribution in [0.2, 0.25) is 0 Å². The highest BCUT2D eigenvalue weighted by atomic mass is 14.9. The van der Waals surface area contributed by atoms with Gasteiger partial charge in [0.2, 0.25) is 0 Å². The molecule has 15 heavy (non-hydrogen) atoms. The second kappa shape index (κ2) is 6.59. The molecule has 0 fully saturated rings. The molecule has 0 aliphatic rings. The van der Waals surface area contributed by atoms with E-state index in [4.69, 9.17) is 5.73 Å². The van der Waals surface area contributed by atoms with E-state index < -0.39 is 0 Å². The lowest BCUT2D eigenvalue weighted by Gasteiger charge is -2.13. The average molecular weight is 206 g/mol. The molecule has 0 aliphatic carbocycles. The fraction of sp³-hybridized carbons (Fsp3) is 0.538. The van der Waals surface area contributed by atoms with Crippen molar-refractivity contribution in [3.8, 4) is 0 Å². The summed E-state index contributed by atoms with van der Waals surface area (Å²) in [5.74, 6) is 0.606. The Morgan fingerprint density at radius 1 is 1.40 bits per heavy atom. The molecule has 1 rings (SSSR count). The minimum absolute atomic E-state index is 0.606. The van der Waals surface area contributed by atoms with Gasteiger partial charge in [-0.1, -0.05) is 43.2 Å². The number of hydrogen-bond acceptors (Lipinski definition) is 2. The van der Waals surface area contributed by atoms with E-state index in [9.17, 15) is 0 Å². The molecule has 0 aromatic heterocycles. The normalized spacial score (nSPS) is 12.7. The average Bonchev–Trinajstić information content (AvgIpc) is 2.25. The Bertz CT molecular complexity index is 280. The van der Waals surface area contributed by atoms with Crippen LogP contribution in [-0.4, -0.2) is 13.1 Å². The zero-order valence-corrected chi connectivity index (χ0v) is 9.79. The summed E-state index contributed by atoms with van der Waals surface area (Å²) in [5, 5.41) is 3.45. The van der Waals surface area contributed by atoms with Crippen molar-refractivity contribution in [1.29, 1.82) is 0 Å². The first-order valence-electron chi connectivity index (χ1n) is 5.72. The summed E-state index contributed by atoms with van der Waals surface area (Å²) in [6.07, 6.45) is 1.15. The fourth-order valence-corrected chi connectivity index (χ4v) is 1.64. The first-order valence-corrected chi connectivity index (χ1v) is 5.72. The van der Waals surface area contributed by atoms with Crippen LogP contribution < -0.4 is 11.1 Å². The van der Waals surface area contributed by atoms with Crippen molar-refractivity contribution in [2.24, 2.45) is 11.7 Å². The molecule has 1 aromatic carbocycles. The Morgan fingerprint density at radius 2 is 2.20 bits per heavy atom. The Kier molecular flexibility index (Phi) is 5.37. The molecule has 0 aliphatic heterocycles. The molecule has 1 unspecified atom stereocenters. The van der Waals surface area contributed by atoms with E-state index in [1.807, 2.05) is 0 Å². The first-order chi connectivity index (χ1) is 7.26. The summed E-state index contributed by atoms with van der Waals surface area (Å²) in [7, 11) is 0. The molecule has 0 saturated heterocycles. The molecule has 2 heteroatoms. The summed E-state index contributed by atoms with van der Waals surface area (Å²) >= 11 is 0. The van der Waals surface area contributed by atoms with Crippen molar-refractivity contribution >= 4 is 0 Å². The van der Waals surface area contributed by atoms with Crippen LogP contribution >= 0.6 is 0 Å². The molecular formula is C13H22N2. The van der Waals surface area contributed by atoms with Gasteiger partial charge in [-0.15, -0.1) is 0 Å². The minimum atomic E-state index is 0.606. The van der Waals surface area contributed by atoms with Crippen molar-refractivity contribution in [2.75, 3.05) is 13.1 Å². The quantitative estimate of drug-likeness (QED) is 0.748. The van der Waals surface area contributed by atoms with Gasteiger partial charge in [-0.05, 0) is 31.5 Å². The monoisotopic (exact) mass is 206 g/mol. The Morgan fingerprint density at radius 3 is 2.80 bits per heavy atom. The minimum Gasteiger partial charge on any atom is -0.330 e. The van der Waals surface area contributed by atoms with E-state index in [2.05, 4.69) is 43.4 Å². The molecule has 84 valence electrons. The summed E-state index contributed by atoms with van der Waals surface area (Å²) in [6.45, 7) is 7.04. The molecule has 0 radical (unpaired) electrons. The van der Waals surface area contributed by atoms with Crippen LogP contribution in [-0.2, 0) is 6.54 Å². The molecule has 1 aromatic rings. The van der Waals surface area contributed by atoms with Crippen molar-refractivity contribution in [3.05, 3.63) is 35.4 Å². The van der Waals surface area contributed by atoms with Gasteiger partial charge in [0.05, 0.1) is 0 Å². The maximum Gasteiger partial charge on any atom is 0.0205 e. The van der Waals surface area contributed by atoms with Crippen LogP contribution in [0.1, 0.15) is 24.5 Å². The molecule has 2 nitrogen and oxygen atoms in total. The maximum atomic E-state index is 5.65. The van der Waals surface area contributed by atoms with E-state index in [1.165, 1.54) is 11.1 Å². The van der Waals surface area contributed by atoms with Crippen LogP contribution in [0, 0.1) is 12.8 Å². The number of hydrogen-bond donors (Lipinski definition) is 2. The van der Waals surface area contributed by atoms with Crippen molar-refractivity contribution in [1.82, 2.24) is 5.32 Å². The van der Waals surface area contributed by atoms with Gasteiger partial charge in [0.15, 0.2) is 0 Å². The van der Waals surface area contributed by atoms with Crippen LogP contribution in [0.15, 0.2) is 24.3 Å². The third-order valence-electron chi connectivity index (χ3n) is 2.76. The van der Waals surface area contributed by atoms with Crippen molar-refractivity contribution in [2.45, 2.75) is 26.8 Å². The highest BCUT2D eigenvalue weighted by molar-refractivity contribution is 5.21. The second-order valence-electron chi connectivity index (χ2n) is 4.13. The van der Waals surface area contributed by atoms with Gasteiger partial charge in [-0.3, -0.25) is 0 Å². The van der Waals surface area contributed by atoms with Crippen molar-refractivity contribution in [3.63, 3.8) is 0 Å². The Balaban J connectivity index is 2.31. The zero-order chi connectivity index (χ0) is 11.1. The standard InChI is InChI=1S/C13H22N2/c1-3-12(8-14)9-15-10-13-6-4-5-11(2)7-13/h4-7,12,15H,3,8-10,14H2,1-2H3. The van der Waals surface area contributed by atoms with E-state index in [0.717, 1.165) is 26.1 Å². The molecule has 0 saturated carbocycles. The van der Waals surface area contributed by atoms with Gasteiger partial charge in [0.25, 0.3) is 0 Å². The lowest BCUT2D eigenvalue weighted by Crippen LogP contribution is -2.27. The Labute approximate surface area is 92.9 Å². The van der Waals surface area contributed by atoms with Crippen molar-refractivity contribution < 1.29 is 0 Å². The third kappa shape index (κ3) is 4.45. The highest BCUT2D eigenvalue weighted by Crippen LogP contribution is 2.04. The molecule has 0 amide bonds. The van der Waals surface area contributed by atoms with Gasteiger partial charge < -0.3 is 11.1 Å². The molecular weight excluding hydrogens is 184 g/mol. The van der Waals surface area contributed by atoms with Gasteiger partial charge >= 0.3 is 0 Å². The largest absolute Gasteiger partial charge is 0.330 e. The second-order valence-corrected chi connectivity index (χ2v) is 4.13. The van der Waals surface area contributed by atoms with Gasteiger partial charge in [-0.2, -0.15) is 0 Å². The molecule has 3 N–H and O–H groups in total. The predicted octanol–water partition coefficient (Wildman–Crippen LogP) is 2.07. The number of aryl methyl sites for hydroxylation is 1. The first kappa shape index (κ1) is 12.2. The number of benzene rings is 1. The smallest absolute Gasteiger partial charge is 0.0205 e. The van der Waals surface area contributed by atoms with Crippen LogP contribution in [0.5, 0.6) is 0 Å². The molecule has 0 bridgehead atoms. The summed E-state index contributed by atoms with van der Waals surface area (Å²) in [4.78, 5) is 0. The van der Waals surface area contributed by atoms with Crippen LogP contribution in [0.25, 0.3) is 0 Å². The fourth-order valence-electron chi connectivity index (χ4n) is 1.64. The van der Waals surface area contributed by atoms with Gasteiger partial charge in [0, 0.05) is 6.54 Å². The lowest BCUT2D eigenvalue weighted by atomic mass is 10.1. The highest BCUT2D eigenvalue weighted by Gasteiger charge is 2.02. The van der Waals surface area contributed by atoms with E-state index in [1.54, 1.807) is 0 Å². The number of rotatable bonds is 6. The van der Waals surface area contributed by atoms with Gasteiger partial charge in [-0.25, -0.2) is 0 Å². The summed E-state index contributed by atoms with van der Waals surface area (Å²) in [6, 6.07) is 8.60. The summed E-state index contributed by atoms with van der Waals surface area (Å²) < 4.78 is 0. The maximum absolute atomic E-state index is 5.65. The van der Waals surface area contributed by atoms with E-state index in [-0.39, 0.29) is 0 Å². The SMILES string of the molecule is CCC(CN)CNCc1cccc(C)c1. The zero-order valence-electron chi connectivity index (χ0n) is 9.79. The number of nitrogens with one attached hydrogen (secondary N) is 1. The van der Waals surface area contributed by atoms with E-state index >= 15 is 0 Å². The van der Waals surface area contributed by atoms with E-state index in [0.29, 0.717) is 5.92 Å². The van der Waals surface area contributed by atoms with Gasteiger partial charge in [0.1, 0.15) is 0 Å². The molecule has 0 heterocycles. The van der Waals surface area contributed by atoms with Crippen LogP contribution in [0.4, 0.5) is 0 Å². The Hall–Kier alpha value is -0.860. The molecule has 0 spiro atoms. The topological polar surface area (TPSA) is 38.0 Å². The lowest BCUT2D eigenvalue weighted by molar-refractivity contribution is 0.471. The predicted molar refractivity (Wildman–Crippen MR) is 65.7 cm³/mol. The summed E-state index contributed by atoms with van der Waals surface area (Å²) in [5.41, 5.74) is 8.32. The third-order valence-corrected chi connectivity index (χ3v) is 2.76. The number of nitrogens with two attached hydrogens (primary N) is 1.